The topological polar surface area (TPSA) is 148 Å². The lowest BCUT2D eigenvalue weighted by molar-refractivity contribution is -0.145. The van der Waals surface area contributed by atoms with Crippen LogP contribution in [0.2, 0.25) is 0 Å². The highest BCUT2D eigenvalue weighted by molar-refractivity contribution is 6.37. The first kappa shape index (κ1) is 31.2. The second-order valence-corrected chi connectivity index (χ2v) is 14.4. The number of alkyl halides is 2. The third kappa shape index (κ3) is 6.35. The van der Waals surface area contributed by atoms with Crippen molar-refractivity contribution in [2.75, 3.05) is 6.54 Å². The number of fused-ring (bicyclic) bond motifs is 1. The number of ether oxygens (including phenoxy) is 1. The first-order chi connectivity index (χ1) is 18.8. The van der Waals surface area contributed by atoms with Gasteiger partial charge in [0.15, 0.2) is 0 Å². The van der Waals surface area contributed by atoms with Crippen LogP contribution in [0.5, 0.6) is 0 Å². The number of alkyl carbamates (subject to hydrolysis) is 1. The van der Waals surface area contributed by atoms with Crippen molar-refractivity contribution in [1.82, 2.24) is 15.5 Å². The minimum Gasteiger partial charge on any atom is -0.443 e. The molecule has 4 aliphatic rings. The van der Waals surface area contributed by atoms with Crippen LogP contribution in [0.15, 0.2) is 0 Å². The summed E-state index contributed by atoms with van der Waals surface area (Å²) in [5.41, 5.74) is 3.52. The van der Waals surface area contributed by atoms with Gasteiger partial charge in [-0.25, -0.2) is 13.6 Å². The van der Waals surface area contributed by atoms with E-state index >= 15 is 0 Å². The van der Waals surface area contributed by atoms with E-state index in [0.717, 1.165) is 32.1 Å². The largest absolute Gasteiger partial charge is 0.443 e. The summed E-state index contributed by atoms with van der Waals surface area (Å²) < 4.78 is 33.0. The number of carbonyl (C=O) groups is 5. The minimum absolute atomic E-state index is 0.00558. The normalized spacial score (nSPS) is 30.3. The standard InChI is InChI=1S/C29H44F2N4O6/c1-26(2,3)21(34-25(40)41-28(6)10-8-7-9-11-28)24(39)35-14-16-18(27(16,4)5)19(35)23(38)33-17(20(36)22(32)37)12-15-13-29(15,30)31/h15-19,21H,7-14H2,1-6H3,(H2,32,37)(H,33,38)(H,34,40)/t15?,16-,17?,18-,19-,21+/m0/s1. The second kappa shape index (κ2) is 10.5. The molecule has 4 N–H and O–H groups in total. The maximum absolute atomic E-state index is 14.0. The Hall–Kier alpha value is -2.79. The van der Waals surface area contributed by atoms with Crippen LogP contribution in [0.25, 0.3) is 0 Å². The number of likely N-dealkylation sites (tertiary alicyclic amines) is 1. The number of carbonyl (C=O) groups excluding carboxylic acids is 5. The highest BCUT2D eigenvalue weighted by Crippen LogP contribution is 2.65. The average Bonchev–Trinajstić information content (AvgIpc) is 3.50. The summed E-state index contributed by atoms with van der Waals surface area (Å²) in [5.74, 6) is -8.02. The van der Waals surface area contributed by atoms with E-state index in [-0.39, 0.29) is 23.8 Å². The van der Waals surface area contributed by atoms with Crippen LogP contribution in [0, 0.1) is 28.6 Å². The zero-order valence-electron chi connectivity index (χ0n) is 24.9. The van der Waals surface area contributed by atoms with E-state index in [0.29, 0.717) is 0 Å². The molecule has 41 heavy (non-hydrogen) atoms. The number of hydrogen-bond donors (Lipinski definition) is 3. The van der Waals surface area contributed by atoms with Gasteiger partial charge in [0.2, 0.25) is 17.6 Å². The minimum atomic E-state index is -2.96. The molecule has 0 spiro atoms. The van der Waals surface area contributed by atoms with Crippen LogP contribution in [0.4, 0.5) is 13.6 Å². The van der Waals surface area contributed by atoms with Gasteiger partial charge in [0, 0.05) is 18.9 Å². The lowest BCUT2D eigenvalue weighted by Crippen LogP contribution is -2.61. The van der Waals surface area contributed by atoms with Crippen molar-refractivity contribution in [1.29, 1.82) is 0 Å². The van der Waals surface area contributed by atoms with E-state index in [1.807, 2.05) is 20.8 Å². The zero-order valence-corrected chi connectivity index (χ0v) is 24.9. The summed E-state index contributed by atoms with van der Waals surface area (Å²) >= 11 is 0. The fourth-order valence-corrected chi connectivity index (χ4v) is 6.87. The monoisotopic (exact) mass is 582 g/mol. The van der Waals surface area contributed by atoms with Crippen molar-refractivity contribution in [2.24, 2.45) is 34.3 Å². The van der Waals surface area contributed by atoms with Crippen LogP contribution < -0.4 is 16.4 Å². The van der Waals surface area contributed by atoms with Crippen molar-refractivity contribution in [3.05, 3.63) is 0 Å². The van der Waals surface area contributed by atoms with Crippen LogP contribution in [0.3, 0.4) is 0 Å². The van der Waals surface area contributed by atoms with Crippen molar-refractivity contribution < 1.29 is 37.5 Å². The number of piperidine rings is 1. The number of Topliss-reactive ketones (excluding diaryl/α,β-unsaturated/α-hetero) is 1. The third-order valence-corrected chi connectivity index (χ3v) is 9.74. The number of primary amides is 1. The molecule has 10 nitrogen and oxygen atoms in total. The summed E-state index contributed by atoms with van der Waals surface area (Å²) in [5, 5.41) is 5.23. The summed E-state index contributed by atoms with van der Waals surface area (Å²) in [6, 6.07) is -3.55. The number of amides is 4. The maximum atomic E-state index is 14.0. The molecular weight excluding hydrogens is 538 g/mol. The van der Waals surface area contributed by atoms with Crippen molar-refractivity contribution >= 4 is 29.6 Å². The Morgan fingerprint density at radius 1 is 1.02 bits per heavy atom. The summed E-state index contributed by atoms with van der Waals surface area (Å²) in [6.07, 6.45) is 2.89. The highest BCUT2D eigenvalue weighted by Gasteiger charge is 2.70. The number of nitrogens with two attached hydrogens (primary N) is 1. The van der Waals surface area contributed by atoms with E-state index in [2.05, 4.69) is 10.6 Å². The number of rotatable bonds is 9. The molecule has 0 aromatic rings. The van der Waals surface area contributed by atoms with Crippen LogP contribution in [0.1, 0.15) is 86.5 Å². The summed E-state index contributed by atoms with van der Waals surface area (Å²) in [7, 11) is 0. The van der Waals surface area contributed by atoms with E-state index in [1.54, 1.807) is 20.8 Å². The van der Waals surface area contributed by atoms with Gasteiger partial charge in [0.05, 0.1) is 6.04 Å². The molecule has 2 unspecified atom stereocenters. The van der Waals surface area contributed by atoms with Gasteiger partial charge in [-0.3, -0.25) is 19.2 Å². The molecule has 4 rings (SSSR count). The molecule has 1 heterocycles. The molecule has 12 heteroatoms. The number of hydrogen-bond acceptors (Lipinski definition) is 6. The lowest BCUT2D eigenvalue weighted by atomic mass is 9.85. The Labute approximate surface area is 239 Å². The Balaban J connectivity index is 1.52. The van der Waals surface area contributed by atoms with E-state index in [1.165, 1.54) is 4.90 Å². The number of nitrogens with one attached hydrogen (secondary N) is 2. The van der Waals surface area contributed by atoms with Crippen molar-refractivity contribution in [3.63, 3.8) is 0 Å². The van der Waals surface area contributed by atoms with Crippen LogP contribution in [-0.2, 0) is 23.9 Å². The Kier molecular flexibility index (Phi) is 7.97. The predicted molar refractivity (Wildman–Crippen MR) is 144 cm³/mol. The van der Waals surface area contributed by atoms with Gasteiger partial charge in [-0.05, 0) is 61.7 Å². The maximum Gasteiger partial charge on any atom is 0.408 e. The fourth-order valence-electron chi connectivity index (χ4n) is 6.87. The SMILES string of the molecule is CC1(OC(=O)N[C@H](C(=O)N2C[C@H]3[C@@H]([C@H]2C(=O)NC(CC2CC2(F)F)C(=O)C(N)=O)C3(C)C)C(C)(C)C)CCCCC1. The number of halogens is 2. The van der Waals surface area contributed by atoms with Crippen LogP contribution >= 0.6 is 0 Å². The molecule has 0 aromatic heterocycles. The number of nitrogens with zero attached hydrogens (tertiary/aromatic N) is 1. The average molecular weight is 583 g/mol. The molecule has 230 valence electrons. The van der Waals surface area contributed by atoms with Crippen LogP contribution in [-0.4, -0.2) is 70.7 Å². The second-order valence-electron chi connectivity index (χ2n) is 14.4. The first-order valence-electron chi connectivity index (χ1n) is 14.6. The molecule has 4 amide bonds. The fraction of sp³-hybridized carbons (Fsp3) is 0.828. The number of ketones is 1. The van der Waals surface area contributed by atoms with Crippen molar-refractivity contribution in [2.45, 2.75) is 116 Å². The molecule has 0 bridgehead atoms. The van der Waals surface area contributed by atoms with Gasteiger partial charge < -0.3 is 26.0 Å². The predicted octanol–water partition coefficient (Wildman–Crippen LogP) is 2.92. The first-order valence-corrected chi connectivity index (χ1v) is 14.6. The summed E-state index contributed by atoms with van der Waals surface area (Å²) in [6.45, 7) is 11.5. The van der Waals surface area contributed by atoms with E-state index in [4.69, 9.17) is 10.5 Å². The molecule has 0 aromatic carbocycles. The van der Waals surface area contributed by atoms with Crippen molar-refractivity contribution in [3.8, 4) is 0 Å². The van der Waals surface area contributed by atoms with Gasteiger partial charge >= 0.3 is 6.09 Å². The van der Waals surface area contributed by atoms with E-state index < -0.39 is 83.4 Å². The molecule has 3 saturated carbocycles. The van der Waals surface area contributed by atoms with Gasteiger partial charge in [-0.15, -0.1) is 0 Å². The molecule has 6 atom stereocenters. The molecule has 4 fully saturated rings. The smallest absolute Gasteiger partial charge is 0.408 e. The Morgan fingerprint density at radius 2 is 1.61 bits per heavy atom. The zero-order chi connectivity index (χ0) is 30.7. The Bertz CT molecular complexity index is 1110. The summed E-state index contributed by atoms with van der Waals surface area (Å²) in [4.78, 5) is 66.2. The van der Waals surface area contributed by atoms with Gasteiger partial charge in [-0.1, -0.05) is 41.0 Å². The van der Waals surface area contributed by atoms with Gasteiger partial charge in [-0.2, -0.15) is 0 Å². The van der Waals surface area contributed by atoms with Gasteiger partial charge in [0.25, 0.3) is 11.8 Å². The van der Waals surface area contributed by atoms with Gasteiger partial charge in [0.1, 0.15) is 17.7 Å². The molecule has 3 aliphatic carbocycles. The molecule has 0 radical (unpaired) electrons. The Morgan fingerprint density at radius 3 is 2.12 bits per heavy atom. The van der Waals surface area contributed by atoms with E-state index in [9.17, 15) is 32.8 Å². The third-order valence-electron chi connectivity index (χ3n) is 9.74. The quantitative estimate of drug-likeness (QED) is 0.356. The molecule has 1 saturated heterocycles. The highest BCUT2D eigenvalue weighted by atomic mass is 19.3. The molecule has 1 aliphatic heterocycles. The molecular formula is C29H44F2N4O6. The lowest BCUT2D eigenvalue weighted by Gasteiger charge is -2.39.